The van der Waals surface area contributed by atoms with Crippen LogP contribution in [0.3, 0.4) is 0 Å². The van der Waals surface area contributed by atoms with E-state index in [-0.39, 0.29) is 11.8 Å². The number of aromatic nitrogens is 3. The van der Waals surface area contributed by atoms with Crippen molar-refractivity contribution in [3.05, 3.63) is 18.0 Å². The van der Waals surface area contributed by atoms with Crippen LogP contribution in [0.2, 0.25) is 0 Å². The molecule has 0 aromatic carbocycles. The lowest BCUT2D eigenvalue weighted by molar-refractivity contribution is -0.120. The second-order valence-electron chi connectivity index (χ2n) is 5.87. The fraction of sp³-hybridized carbons (Fsp3) is 0.533. The molecule has 21 heavy (non-hydrogen) atoms. The van der Waals surface area contributed by atoms with Crippen molar-refractivity contribution >= 4 is 22.6 Å². The lowest BCUT2D eigenvalue weighted by Gasteiger charge is -2.27. The quantitative estimate of drug-likeness (QED) is 0.880. The largest absolute Gasteiger partial charge is 0.324 e. The van der Waals surface area contributed by atoms with Crippen LogP contribution >= 0.6 is 0 Å². The van der Waals surface area contributed by atoms with Gasteiger partial charge in [0.2, 0.25) is 5.91 Å². The van der Waals surface area contributed by atoms with E-state index in [9.17, 15) is 4.79 Å². The molecule has 1 fully saturated rings. The van der Waals surface area contributed by atoms with Crippen molar-refractivity contribution in [1.29, 1.82) is 0 Å². The summed E-state index contributed by atoms with van der Waals surface area (Å²) >= 11 is 0. The molecule has 1 saturated heterocycles. The summed E-state index contributed by atoms with van der Waals surface area (Å²) in [5.74, 6) is 0.165. The first-order valence-corrected chi connectivity index (χ1v) is 7.38. The fourth-order valence-corrected chi connectivity index (χ4v) is 2.99. The van der Waals surface area contributed by atoms with Gasteiger partial charge in [-0.05, 0) is 39.3 Å². The normalized spacial score (nSPS) is 22.4. The van der Waals surface area contributed by atoms with Crippen molar-refractivity contribution in [3.63, 3.8) is 0 Å². The Labute approximate surface area is 123 Å². The Morgan fingerprint density at radius 2 is 2.33 bits per heavy atom. The summed E-state index contributed by atoms with van der Waals surface area (Å²) in [7, 11) is 1.87. The Bertz CT molecular complexity index is 678. The first-order chi connectivity index (χ1) is 10.0. The van der Waals surface area contributed by atoms with Gasteiger partial charge in [-0.3, -0.25) is 9.48 Å². The number of nitrogens with one attached hydrogen (secondary N) is 2. The zero-order valence-electron chi connectivity index (χ0n) is 12.7. The molecule has 0 bridgehead atoms. The topological polar surface area (TPSA) is 71.8 Å². The number of fused-ring (bicyclic) bond motifs is 1. The summed E-state index contributed by atoms with van der Waals surface area (Å²) in [6.45, 7) is 4.97. The Morgan fingerprint density at radius 1 is 1.52 bits per heavy atom. The SMILES string of the molecule is Cc1nn(C)c2ncc(NC(=O)C3CCNC(C)C3)cc12. The fourth-order valence-electron chi connectivity index (χ4n) is 2.99. The summed E-state index contributed by atoms with van der Waals surface area (Å²) in [4.78, 5) is 16.7. The minimum Gasteiger partial charge on any atom is -0.324 e. The van der Waals surface area contributed by atoms with Crippen LogP contribution in [-0.2, 0) is 11.8 Å². The second kappa shape index (κ2) is 5.44. The van der Waals surface area contributed by atoms with Gasteiger partial charge in [0.1, 0.15) is 0 Å². The van der Waals surface area contributed by atoms with Crippen molar-refractivity contribution in [2.24, 2.45) is 13.0 Å². The van der Waals surface area contributed by atoms with Crippen LogP contribution in [0, 0.1) is 12.8 Å². The van der Waals surface area contributed by atoms with Gasteiger partial charge < -0.3 is 10.6 Å². The van der Waals surface area contributed by atoms with Crippen molar-refractivity contribution < 1.29 is 4.79 Å². The van der Waals surface area contributed by atoms with Gasteiger partial charge in [0, 0.05) is 24.4 Å². The maximum Gasteiger partial charge on any atom is 0.227 e. The van der Waals surface area contributed by atoms with Crippen molar-refractivity contribution in [3.8, 4) is 0 Å². The summed E-state index contributed by atoms with van der Waals surface area (Å²) in [6.07, 6.45) is 3.47. The van der Waals surface area contributed by atoms with E-state index in [0.717, 1.165) is 41.8 Å². The lowest BCUT2D eigenvalue weighted by Crippen LogP contribution is -2.40. The highest BCUT2D eigenvalue weighted by atomic mass is 16.1. The molecule has 1 aliphatic rings. The highest BCUT2D eigenvalue weighted by Gasteiger charge is 2.24. The number of aryl methyl sites for hydroxylation is 2. The molecular formula is C15H21N5O. The second-order valence-corrected chi connectivity index (χ2v) is 5.87. The Morgan fingerprint density at radius 3 is 3.10 bits per heavy atom. The van der Waals surface area contributed by atoms with Gasteiger partial charge in [-0.1, -0.05) is 0 Å². The average Bonchev–Trinajstić information content (AvgIpc) is 2.74. The minimum absolute atomic E-state index is 0.0759. The van der Waals surface area contributed by atoms with E-state index < -0.39 is 0 Å². The first-order valence-electron chi connectivity index (χ1n) is 7.38. The van der Waals surface area contributed by atoms with E-state index in [0.29, 0.717) is 6.04 Å². The highest BCUT2D eigenvalue weighted by Crippen LogP contribution is 2.22. The number of piperidine rings is 1. The molecule has 3 rings (SSSR count). The predicted molar refractivity (Wildman–Crippen MR) is 82.1 cm³/mol. The Kier molecular flexibility index (Phi) is 3.63. The molecule has 2 aromatic heterocycles. The molecule has 0 radical (unpaired) electrons. The zero-order valence-corrected chi connectivity index (χ0v) is 12.7. The summed E-state index contributed by atoms with van der Waals surface area (Å²) in [5.41, 5.74) is 2.50. The molecule has 1 aliphatic heterocycles. The Hall–Kier alpha value is -1.95. The van der Waals surface area contributed by atoms with Crippen LogP contribution in [0.5, 0.6) is 0 Å². The van der Waals surface area contributed by atoms with Crippen molar-refractivity contribution in [2.45, 2.75) is 32.7 Å². The zero-order chi connectivity index (χ0) is 15.0. The third-order valence-corrected chi connectivity index (χ3v) is 4.12. The maximum atomic E-state index is 12.4. The molecule has 0 spiro atoms. The number of rotatable bonds is 2. The number of anilines is 1. The molecule has 2 aromatic rings. The van der Waals surface area contributed by atoms with Crippen molar-refractivity contribution in [2.75, 3.05) is 11.9 Å². The number of hydrogen-bond donors (Lipinski definition) is 2. The number of nitrogens with zero attached hydrogens (tertiary/aromatic N) is 3. The molecule has 2 N–H and O–H groups in total. The van der Waals surface area contributed by atoms with Gasteiger partial charge in [-0.2, -0.15) is 5.10 Å². The van der Waals surface area contributed by atoms with E-state index in [1.54, 1.807) is 10.9 Å². The highest BCUT2D eigenvalue weighted by molar-refractivity contribution is 5.94. The summed E-state index contributed by atoms with van der Waals surface area (Å²) in [5, 5.41) is 11.7. The molecule has 0 saturated carbocycles. The van der Waals surface area contributed by atoms with Crippen LogP contribution in [0.15, 0.2) is 12.3 Å². The molecule has 2 unspecified atom stereocenters. The monoisotopic (exact) mass is 287 g/mol. The predicted octanol–water partition coefficient (Wildman–Crippen LogP) is 1.60. The standard InChI is InChI=1S/C15H21N5O/c1-9-6-11(4-5-16-9)15(21)18-12-7-13-10(2)19-20(3)14(13)17-8-12/h7-9,11,16H,4-6H2,1-3H3,(H,18,21). The number of hydrogen-bond acceptors (Lipinski definition) is 4. The number of amides is 1. The number of carbonyl (C=O) groups is 1. The third-order valence-electron chi connectivity index (χ3n) is 4.12. The van der Waals surface area contributed by atoms with Crippen LogP contribution in [0.4, 0.5) is 5.69 Å². The average molecular weight is 287 g/mol. The van der Waals surface area contributed by atoms with Crippen LogP contribution in [0.25, 0.3) is 11.0 Å². The summed E-state index contributed by atoms with van der Waals surface area (Å²) < 4.78 is 1.75. The molecule has 6 nitrogen and oxygen atoms in total. The van der Waals surface area contributed by atoms with Gasteiger partial charge in [0.15, 0.2) is 5.65 Å². The van der Waals surface area contributed by atoms with Gasteiger partial charge in [0.25, 0.3) is 0 Å². The van der Waals surface area contributed by atoms with Gasteiger partial charge >= 0.3 is 0 Å². The molecule has 3 heterocycles. The lowest BCUT2D eigenvalue weighted by atomic mass is 9.92. The minimum atomic E-state index is 0.0759. The maximum absolute atomic E-state index is 12.4. The van der Waals surface area contributed by atoms with Crippen LogP contribution < -0.4 is 10.6 Å². The molecule has 2 atom stereocenters. The Balaban J connectivity index is 1.78. The number of carbonyl (C=O) groups excluding carboxylic acids is 1. The molecule has 0 aliphatic carbocycles. The van der Waals surface area contributed by atoms with E-state index >= 15 is 0 Å². The van der Waals surface area contributed by atoms with Gasteiger partial charge in [-0.15, -0.1) is 0 Å². The first kappa shape index (κ1) is 14.0. The van der Waals surface area contributed by atoms with E-state index in [1.165, 1.54) is 0 Å². The molecule has 112 valence electrons. The van der Waals surface area contributed by atoms with Crippen LogP contribution in [0.1, 0.15) is 25.5 Å². The number of pyridine rings is 1. The van der Waals surface area contributed by atoms with Crippen LogP contribution in [-0.4, -0.2) is 33.3 Å². The smallest absolute Gasteiger partial charge is 0.227 e. The van der Waals surface area contributed by atoms with Gasteiger partial charge in [0.05, 0.1) is 17.6 Å². The van der Waals surface area contributed by atoms with E-state index in [2.05, 4.69) is 27.6 Å². The summed E-state index contributed by atoms with van der Waals surface area (Å²) in [6, 6.07) is 2.35. The molecule has 1 amide bonds. The third kappa shape index (κ3) is 2.76. The van der Waals surface area contributed by atoms with E-state index in [4.69, 9.17) is 0 Å². The van der Waals surface area contributed by atoms with Gasteiger partial charge in [-0.25, -0.2) is 4.98 Å². The van der Waals surface area contributed by atoms with E-state index in [1.807, 2.05) is 20.0 Å². The molecular weight excluding hydrogens is 266 g/mol. The molecule has 6 heteroatoms. The van der Waals surface area contributed by atoms with Crippen molar-refractivity contribution in [1.82, 2.24) is 20.1 Å².